The summed E-state index contributed by atoms with van der Waals surface area (Å²) < 4.78 is 5.09. The van der Waals surface area contributed by atoms with Gasteiger partial charge in [-0.05, 0) is 12.5 Å². The molecule has 1 aromatic carbocycles. The number of rotatable bonds is 5. The SMILES string of the molecule is CCCC1C(=O)NC(=O)N(c2ccccc2COC)C1=O. The van der Waals surface area contributed by atoms with Crippen LogP contribution in [0.15, 0.2) is 24.3 Å². The number of para-hydroxylation sites is 1. The number of imide groups is 2. The van der Waals surface area contributed by atoms with Crippen molar-refractivity contribution in [1.82, 2.24) is 5.32 Å². The summed E-state index contributed by atoms with van der Waals surface area (Å²) in [5, 5.41) is 2.25. The largest absolute Gasteiger partial charge is 0.380 e. The number of nitrogens with one attached hydrogen (secondary N) is 1. The normalized spacial score (nSPS) is 18.9. The molecule has 1 atom stereocenters. The third-order valence-corrected chi connectivity index (χ3v) is 3.38. The molecule has 0 radical (unpaired) electrons. The summed E-state index contributed by atoms with van der Waals surface area (Å²) in [5.41, 5.74) is 1.17. The minimum Gasteiger partial charge on any atom is -0.380 e. The Balaban J connectivity index is 2.39. The van der Waals surface area contributed by atoms with Crippen LogP contribution in [-0.4, -0.2) is 25.0 Å². The second-order valence-electron chi connectivity index (χ2n) is 4.87. The number of carbonyl (C=O) groups excluding carboxylic acids is 3. The standard InChI is InChI=1S/C15H18N2O4/c1-3-6-11-13(18)16-15(20)17(14(11)19)12-8-5-4-7-10(12)9-21-2/h4-5,7-8,11H,3,6,9H2,1-2H3,(H,16,18,20). The number of methoxy groups -OCH3 is 1. The zero-order valence-electron chi connectivity index (χ0n) is 12.1. The van der Waals surface area contributed by atoms with E-state index in [0.29, 0.717) is 24.1 Å². The Morgan fingerprint density at radius 2 is 1.95 bits per heavy atom. The Bertz CT molecular complexity index is 571. The summed E-state index contributed by atoms with van der Waals surface area (Å²) in [7, 11) is 1.54. The number of hydrogen-bond donors (Lipinski definition) is 1. The number of carbonyl (C=O) groups is 3. The fourth-order valence-corrected chi connectivity index (χ4v) is 2.39. The zero-order chi connectivity index (χ0) is 15.4. The fourth-order valence-electron chi connectivity index (χ4n) is 2.39. The van der Waals surface area contributed by atoms with Crippen LogP contribution in [0.5, 0.6) is 0 Å². The first-order valence-corrected chi connectivity index (χ1v) is 6.85. The van der Waals surface area contributed by atoms with E-state index in [1.165, 1.54) is 7.11 Å². The number of benzene rings is 1. The third kappa shape index (κ3) is 2.95. The molecule has 1 fully saturated rings. The molecule has 1 N–H and O–H groups in total. The van der Waals surface area contributed by atoms with E-state index < -0.39 is 23.8 Å². The van der Waals surface area contributed by atoms with Crippen LogP contribution in [0.25, 0.3) is 0 Å². The van der Waals surface area contributed by atoms with E-state index in [1.54, 1.807) is 24.3 Å². The van der Waals surface area contributed by atoms with Crippen LogP contribution >= 0.6 is 0 Å². The molecule has 2 rings (SSSR count). The van der Waals surface area contributed by atoms with Gasteiger partial charge in [-0.3, -0.25) is 14.9 Å². The molecule has 1 aliphatic heterocycles. The van der Waals surface area contributed by atoms with Crippen molar-refractivity contribution in [2.24, 2.45) is 5.92 Å². The quantitative estimate of drug-likeness (QED) is 0.839. The van der Waals surface area contributed by atoms with Crippen LogP contribution in [0.3, 0.4) is 0 Å². The smallest absolute Gasteiger partial charge is 0.335 e. The first-order chi connectivity index (χ1) is 10.1. The van der Waals surface area contributed by atoms with Crippen LogP contribution in [0.2, 0.25) is 0 Å². The molecule has 1 aromatic rings. The van der Waals surface area contributed by atoms with Crippen LogP contribution in [0.4, 0.5) is 10.5 Å². The second-order valence-corrected chi connectivity index (χ2v) is 4.87. The topological polar surface area (TPSA) is 75.7 Å². The van der Waals surface area contributed by atoms with Gasteiger partial charge in [0.2, 0.25) is 11.8 Å². The molecule has 1 aliphatic rings. The van der Waals surface area contributed by atoms with Crippen LogP contribution < -0.4 is 10.2 Å². The number of anilines is 1. The minimum atomic E-state index is -0.816. The summed E-state index contributed by atoms with van der Waals surface area (Å²) >= 11 is 0. The highest BCUT2D eigenvalue weighted by molar-refractivity contribution is 6.27. The van der Waals surface area contributed by atoms with Crippen molar-refractivity contribution in [2.45, 2.75) is 26.4 Å². The van der Waals surface area contributed by atoms with Gasteiger partial charge >= 0.3 is 6.03 Å². The Kier molecular flexibility index (Phi) is 4.70. The van der Waals surface area contributed by atoms with E-state index in [0.717, 1.165) is 4.90 Å². The first kappa shape index (κ1) is 15.2. The van der Waals surface area contributed by atoms with E-state index in [9.17, 15) is 14.4 Å². The molecule has 6 heteroatoms. The van der Waals surface area contributed by atoms with Gasteiger partial charge in [0.1, 0.15) is 5.92 Å². The summed E-state index contributed by atoms with van der Waals surface area (Å²) in [6.45, 7) is 2.17. The lowest BCUT2D eigenvalue weighted by molar-refractivity contribution is -0.134. The molecule has 0 spiro atoms. The van der Waals surface area contributed by atoms with Crippen LogP contribution in [-0.2, 0) is 20.9 Å². The van der Waals surface area contributed by atoms with Gasteiger partial charge in [0.25, 0.3) is 0 Å². The van der Waals surface area contributed by atoms with Crippen molar-refractivity contribution in [1.29, 1.82) is 0 Å². The molecule has 1 unspecified atom stereocenters. The maximum Gasteiger partial charge on any atom is 0.335 e. The van der Waals surface area contributed by atoms with E-state index in [2.05, 4.69) is 5.32 Å². The highest BCUT2D eigenvalue weighted by Crippen LogP contribution is 2.26. The van der Waals surface area contributed by atoms with Gasteiger partial charge in [-0.1, -0.05) is 31.5 Å². The van der Waals surface area contributed by atoms with E-state index in [-0.39, 0.29) is 6.61 Å². The molecule has 1 heterocycles. The van der Waals surface area contributed by atoms with Gasteiger partial charge in [-0.25, -0.2) is 9.69 Å². The lowest BCUT2D eigenvalue weighted by atomic mass is 9.98. The number of hydrogen-bond acceptors (Lipinski definition) is 4. The summed E-state index contributed by atoms with van der Waals surface area (Å²) in [5.74, 6) is -1.82. The number of ether oxygens (including phenoxy) is 1. The Hall–Kier alpha value is -2.21. The average molecular weight is 290 g/mol. The molecular weight excluding hydrogens is 272 g/mol. The van der Waals surface area contributed by atoms with Gasteiger partial charge < -0.3 is 4.74 Å². The fraction of sp³-hybridized carbons (Fsp3) is 0.400. The minimum absolute atomic E-state index is 0.277. The van der Waals surface area contributed by atoms with Crippen molar-refractivity contribution in [3.05, 3.63) is 29.8 Å². The van der Waals surface area contributed by atoms with Gasteiger partial charge in [0.15, 0.2) is 0 Å². The van der Waals surface area contributed by atoms with Crippen LogP contribution in [0.1, 0.15) is 25.3 Å². The lowest BCUT2D eigenvalue weighted by Crippen LogP contribution is -2.58. The van der Waals surface area contributed by atoms with E-state index >= 15 is 0 Å². The number of barbiturate groups is 1. The molecule has 0 aliphatic carbocycles. The zero-order valence-corrected chi connectivity index (χ0v) is 12.1. The second kappa shape index (κ2) is 6.49. The van der Waals surface area contributed by atoms with Crippen LogP contribution in [0, 0.1) is 5.92 Å². The number of amides is 4. The summed E-state index contributed by atoms with van der Waals surface area (Å²) in [4.78, 5) is 37.4. The molecular formula is C15H18N2O4. The maximum atomic E-state index is 12.5. The van der Waals surface area contributed by atoms with Crippen molar-refractivity contribution < 1.29 is 19.1 Å². The predicted octanol–water partition coefficient (Wildman–Crippen LogP) is 1.83. The predicted molar refractivity (Wildman–Crippen MR) is 76.6 cm³/mol. The molecule has 0 bridgehead atoms. The van der Waals surface area contributed by atoms with Crippen molar-refractivity contribution >= 4 is 23.5 Å². The Morgan fingerprint density at radius 1 is 1.24 bits per heavy atom. The van der Waals surface area contributed by atoms with Gasteiger partial charge in [0, 0.05) is 12.7 Å². The molecule has 0 saturated carbocycles. The van der Waals surface area contributed by atoms with Gasteiger partial charge in [0.05, 0.1) is 12.3 Å². The van der Waals surface area contributed by atoms with Crippen molar-refractivity contribution in [3.63, 3.8) is 0 Å². The van der Waals surface area contributed by atoms with Gasteiger partial charge in [-0.2, -0.15) is 0 Å². The first-order valence-electron chi connectivity index (χ1n) is 6.85. The lowest BCUT2D eigenvalue weighted by Gasteiger charge is -2.31. The maximum absolute atomic E-state index is 12.5. The summed E-state index contributed by atoms with van der Waals surface area (Å²) in [6, 6.07) is 6.29. The summed E-state index contributed by atoms with van der Waals surface area (Å²) in [6.07, 6.45) is 1.10. The third-order valence-electron chi connectivity index (χ3n) is 3.38. The average Bonchev–Trinajstić information content (AvgIpc) is 2.45. The Labute approximate surface area is 123 Å². The number of urea groups is 1. The molecule has 6 nitrogen and oxygen atoms in total. The van der Waals surface area contributed by atoms with E-state index in [1.807, 2.05) is 6.92 Å². The van der Waals surface area contributed by atoms with E-state index in [4.69, 9.17) is 4.74 Å². The highest BCUT2D eigenvalue weighted by atomic mass is 16.5. The van der Waals surface area contributed by atoms with Crippen molar-refractivity contribution in [3.8, 4) is 0 Å². The molecule has 0 aromatic heterocycles. The molecule has 4 amide bonds. The van der Waals surface area contributed by atoms with Gasteiger partial charge in [-0.15, -0.1) is 0 Å². The molecule has 1 saturated heterocycles. The molecule has 112 valence electrons. The molecule has 21 heavy (non-hydrogen) atoms. The Morgan fingerprint density at radius 3 is 2.62 bits per heavy atom. The van der Waals surface area contributed by atoms with Crippen molar-refractivity contribution in [2.75, 3.05) is 12.0 Å². The number of nitrogens with zero attached hydrogens (tertiary/aromatic N) is 1. The highest BCUT2D eigenvalue weighted by Gasteiger charge is 2.41. The monoisotopic (exact) mass is 290 g/mol.